The van der Waals surface area contributed by atoms with Gasteiger partial charge in [0.25, 0.3) is 0 Å². The zero-order valence-electron chi connectivity index (χ0n) is 9.40. The molecule has 0 saturated carbocycles. The molecule has 0 saturated heterocycles. The molecule has 0 fully saturated rings. The van der Waals surface area contributed by atoms with Crippen LogP contribution in [0.1, 0.15) is 18.9 Å². The molecule has 0 atom stereocenters. The van der Waals surface area contributed by atoms with Crippen molar-refractivity contribution in [3.8, 4) is 0 Å². The normalized spacial score (nSPS) is 10.1. The van der Waals surface area contributed by atoms with E-state index < -0.39 is 5.97 Å². The van der Waals surface area contributed by atoms with Gasteiger partial charge in [-0.1, -0.05) is 17.7 Å². The summed E-state index contributed by atoms with van der Waals surface area (Å²) in [7, 11) is 0. The molecule has 0 radical (unpaired) electrons. The molecular formula is C13H16O2S. The molecule has 0 aromatic heterocycles. The summed E-state index contributed by atoms with van der Waals surface area (Å²) in [5.74, 6) is 0.232. The molecule has 0 unspecified atom stereocenters. The highest BCUT2D eigenvalue weighted by Gasteiger charge is 2.00. The average Bonchev–Trinajstić information content (AvgIpc) is 2.19. The predicted molar refractivity (Wildman–Crippen MR) is 67.9 cm³/mol. The summed E-state index contributed by atoms with van der Waals surface area (Å²) in [5, 5.41) is 8.62. The summed E-state index contributed by atoms with van der Waals surface area (Å²) < 4.78 is 0. The van der Waals surface area contributed by atoms with Gasteiger partial charge in [0.05, 0.1) is 6.42 Å². The van der Waals surface area contributed by atoms with Crippen molar-refractivity contribution in [3.05, 3.63) is 42.0 Å². The van der Waals surface area contributed by atoms with E-state index in [1.54, 1.807) is 11.8 Å². The first kappa shape index (κ1) is 12.8. The van der Waals surface area contributed by atoms with Crippen molar-refractivity contribution in [2.75, 3.05) is 5.75 Å². The zero-order chi connectivity index (χ0) is 12.0. The van der Waals surface area contributed by atoms with Gasteiger partial charge in [-0.15, -0.1) is 18.3 Å². The second-order valence-electron chi connectivity index (χ2n) is 3.77. The van der Waals surface area contributed by atoms with Crippen LogP contribution in [-0.4, -0.2) is 16.8 Å². The molecule has 0 spiro atoms. The van der Waals surface area contributed by atoms with E-state index in [0.29, 0.717) is 0 Å². The first-order valence-corrected chi connectivity index (χ1v) is 6.14. The molecular weight excluding hydrogens is 220 g/mol. The number of hydrogen-bond acceptors (Lipinski definition) is 2. The molecule has 0 aliphatic heterocycles. The van der Waals surface area contributed by atoms with Crippen LogP contribution in [0.2, 0.25) is 0 Å². The Labute approximate surface area is 100 Å². The fourth-order valence-corrected chi connectivity index (χ4v) is 2.24. The van der Waals surface area contributed by atoms with Crippen molar-refractivity contribution in [1.29, 1.82) is 0 Å². The first-order chi connectivity index (χ1) is 7.58. The summed E-state index contributed by atoms with van der Waals surface area (Å²) in [6, 6.07) is 7.69. The second-order valence-corrected chi connectivity index (χ2v) is 4.94. The number of carboxylic acid groups (broad SMARTS) is 1. The van der Waals surface area contributed by atoms with Crippen LogP contribution in [0.5, 0.6) is 0 Å². The molecule has 0 bridgehead atoms. The molecule has 86 valence electrons. The molecule has 1 N–H and O–H groups in total. The molecule has 0 amide bonds. The fourth-order valence-electron chi connectivity index (χ4n) is 1.22. The SMILES string of the molecule is C=C(C)CCSc1ccc(CC(=O)O)cc1. The summed E-state index contributed by atoms with van der Waals surface area (Å²) in [6.45, 7) is 5.88. The van der Waals surface area contributed by atoms with E-state index in [9.17, 15) is 4.79 Å². The van der Waals surface area contributed by atoms with E-state index in [2.05, 4.69) is 6.58 Å². The van der Waals surface area contributed by atoms with Gasteiger partial charge >= 0.3 is 5.97 Å². The Hall–Kier alpha value is -1.22. The highest BCUT2D eigenvalue weighted by molar-refractivity contribution is 7.99. The summed E-state index contributed by atoms with van der Waals surface area (Å²) in [5.41, 5.74) is 2.03. The standard InChI is InChI=1S/C13H16O2S/c1-10(2)7-8-16-12-5-3-11(4-6-12)9-13(14)15/h3-6H,1,7-9H2,2H3,(H,14,15). The van der Waals surface area contributed by atoms with E-state index in [1.807, 2.05) is 31.2 Å². The molecule has 1 rings (SSSR count). The van der Waals surface area contributed by atoms with Crippen LogP contribution in [-0.2, 0) is 11.2 Å². The first-order valence-electron chi connectivity index (χ1n) is 5.16. The van der Waals surface area contributed by atoms with E-state index in [1.165, 1.54) is 10.5 Å². The number of thioether (sulfide) groups is 1. The molecule has 1 aromatic rings. The number of hydrogen-bond donors (Lipinski definition) is 1. The lowest BCUT2D eigenvalue weighted by atomic mass is 10.2. The minimum atomic E-state index is -0.789. The highest BCUT2D eigenvalue weighted by Crippen LogP contribution is 2.20. The van der Waals surface area contributed by atoms with Crippen molar-refractivity contribution in [3.63, 3.8) is 0 Å². The van der Waals surface area contributed by atoms with Crippen LogP contribution in [0.3, 0.4) is 0 Å². The largest absolute Gasteiger partial charge is 0.481 e. The maximum absolute atomic E-state index is 10.5. The van der Waals surface area contributed by atoms with Crippen molar-refractivity contribution < 1.29 is 9.90 Å². The van der Waals surface area contributed by atoms with Crippen LogP contribution in [0.4, 0.5) is 0 Å². The number of aliphatic carboxylic acids is 1. The van der Waals surface area contributed by atoms with E-state index in [-0.39, 0.29) is 6.42 Å². The van der Waals surface area contributed by atoms with Gasteiger partial charge in [-0.05, 0) is 31.0 Å². The molecule has 0 heterocycles. The third-order valence-corrected chi connectivity index (χ3v) is 3.09. The van der Waals surface area contributed by atoms with Gasteiger partial charge in [0, 0.05) is 10.6 Å². The summed E-state index contributed by atoms with van der Waals surface area (Å²) in [6.07, 6.45) is 1.11. The molecule has 2 nitrogen and oxygen atoms in total. The Balaban J connectivity index is 2.45. The Morgan fingerprint density at radius 2 is 2.00 bits per heavy atom. The number of rotatable bonds is 6. The third kappa shape index (κ3) is 5.03. The van der Waals surface area contributed by atoms with E-state index in [0.717, 1.165) is 17.7 Å². The number of carbonyl (C=O) groups is 1. The average molecular weight is 236 g/mol. The monoisotopic (exact) mass is 236 g/mol. The van der Waals surface area contributed by atoms with Crippen LogP contribution in [0.25, 0.3) is 0 Å². The van der Waals surface area contributed by atoms with Gasteiger partial charge in [0.15, 0.2) is 0 Å². The maximum Gasteiger partial charge on any atom is 0.307 e. The van der Waals surface area contributed by atoms with Gasteiger partial charge in [0.2, 0.25) is 0 Å². The molecule has 16 heavy (non-hydrogen) atoms. The van der Waals surface area contributed by atoms with Gasteiger partial charge < -0.3 is 5.11 Å². The van der Waals surface area contributed by atoms with Crippen LogP contribution >= 0.6 is 11.8 Å². The maximum atomic E-state index is 10.5. The molecule has 1 aromatic carbocycles. The zero-order valence-corrected chi connectivity index (χ0v) is 10.2. The van der Waals surface area contributed by atoms with E-state index in [4.69, 9.17) is 5.11 Å². The smallest absolute Gasteiger partial charge is 0.307 e. The second kappa shape index (κ2) is 6.38. The Kier molecular flexibility index (Phi) is 5.12. The Morgan fingerprint density at radius 3 is 2.50 bits per heavy atom. The molecule has 0 aliphatic carbocycles. The lowest BCUT2D eigenvalue weighted by Crippen LogP contribution is -1.99. The van der Waals surface area contributed by atoms with Crippen LogP contribution in [0, 0.1) is 0 Å². The highest BCUT2D eigenvalue weighted by atomic mass is 32.2. The van der Waals surface area contributed by atoms with Crippen LogP contribution < -0.4 is 0 Å². The van der Waals surface area contributed by atoms with Crippen molar-refractivity contribution in [1.82, 2.24) is 0 Å². The minimum absolute atomic E-state index is 0.0940. The number of carboxylic acids is 1. The Bertz CT molecular complexity index is 368. The minimum Gasteiger partial charge on any atom is -0.481 e. The predicted octanol–water partition coefficient (Wildman–Crippen LogP) is 3.37. The van der Waals surface area contributed by atoms with Crippen molar-refractivity contribution >= 4 is 17.7 Å². The summed E-state index contributed by atoms with van der Waals surface area (Å²) >= 11 is 1.77. The van der Waals surface area contributed by atoms with Crippen molar-refractivity contribution in [2.45, 2.75) is 24.7 Å². The lowest BCUT2D eigenvalue weighted by Gasteiger charge is -2.02. The topological polar surface area (TPSA) is 37.3 Å². The quantitative estimate of drug-likeness (QED) is 0.608. The lowest BCUT2D eigenvalue weighted by molar-refractivity contribution is -0.136. The summed E-state index contributed by atoms with van der Waals surface area (Å²) in [4.78, 5) is 11.7. The number of benzene rings is 1. The third-order valence-electron chi connectivity index (χ3n) is 2.08. The van der Waals surface area contributed by atoms with Crippen molar-refractivity contribution in [2.24, 2.45) is 0 Å². The van der Waals surface area contributed by atoms with Crippen LogP contribution in [0.15, 0.2) is 41.3 Å². The molecule has 0 aliphatic rings. The van der Waals surface area contributed by atoms with Gasteiger partial charge in [-0.25, -0.2) is 0 Å². The van der Waals surface area contributed by atoms with E-state index >= 15 is 0 Å². The number of allylic oxidation sites excluding steroid dienone is 1. The fraction of sp³-hybridized carbons (Fsp3) is 0.308. The van der Waals surface area contributed by atoms with Gasteiger partial charge in [-0.2, -0.15) is 0 Å². The van der Waals surface area contributed by atoms with Gasteiger partial charge in [0.1, 0.15) is 0 Å². The molecule has 3 heteroatoms. The Morgan fingerprint density at radius 1 is 1.38 bits per heavy atom. The van der Waals surface area contributed by atoms with Gasteiger partial charge in [-0.3, -0.25) is 4.79 Å².